The lowest BCUT2D eigenvalue weighted by atomic mass is 9.81. The Morgan fingerprint density at radius 2 is 2.36 bits per heavy atom. The number of pyridine rings is 1. The van der Waals surface area contributed by atoms with Crippen molar-refractivity contribution in [1.29, 1.82) is 0 Å². The van der Waals surface area contributed by atoms with Crippen molar-refractivity contribution in [3.63, 3.8) is 0 Å². The fourth-order valence-corrected chi connectivity index (χ4v) is 3.04. The number of nitrogens with zero attached hydrogens (tertiary/aromatic N) is 3. The Morgan fingerprint density at radius 1 is 1.59 bits per heavy atom. The molecule has 2 fully saturated rings. The first kappa shape index (κ1) is 15.0. The topological polar surface area (TPSA) is 54.9 Å². The molecule has 2 aliphatic rings. The average molecular weight is 309 g/mol. The van der Waals surface area contributed by atoms with E-state index in [2.05, 4.69) is 4.98 Å². The maximum Gasteiger partial charge on any atom is 0.319 e. The highest BCUT2D eigenvalue weighted by atomic mass is 19.1. The monoisotopic (exact) mass is 309 g/mol. The molecule has 0 bridgehead atoms. The van der Waals surface area contributed by atoms with Crippen LogP contribution in [0, 0.1) is 11.7 Å². The van der Waals surface area contributed by atoms with Gasteiger partial charge in [-0.25, -0.2) is 14.2 Å². The van der Waals surface area contributed by atoms with Crippen LogP contribution in [0.5, 0.6) is 5.88 Å². The summed E-state index contributed by atoms with van der Waals surface area (Å²) in [5, 5.41) is 0. The van der Waals surface area contributed by atoms with Crippen LogP contribution in [0.1, 0.15) is 6.42 Å². The third-order valence-corrected chi connectivity index (χ3v) is 4.32. The molecule has 0 aromatic carbocycles. The summed E-state index contributed by atoms with van der Waals surface area (Å²) in [6, 6.07) is 2.83. The maximum absolute atomic E-state index is 13.5. The Labute approximate surface area is 128 Å². The van der Waals surface area contributed by atoms with Crippen molar-refractivity contribution in [3.8, 4) is 5.88 Å². The highest BCUT2D eigenvalue weighted by Gasteiger charge is 2.55. The molecule has 1 atom stereocenters. The SMILES string of the molecule is CN(C)C(=O)N1CC2(C1)OCC[C@@H]2COc1ncccc1F. The molecule has 2 aliphatic heterocycles. The number of ether oxygens (including phenoxy) is 2. The van der Waals surface area contributed by atoms with Crippen LogP contribution in [0.3, 0.4) is 0 Å². The number of aromatic nitrogens is 1. The summed E-state index contributed by atoms with van der Waals surface area (Å²) in [4.78, 5) is 19.1. The van der Waals surface area contributed by atoms with E-state index < -0.39 is 5.82 Å². The zero-order valence-electron chi connectivity index (χ0n) is 12.8. The third-order valence-electron chi connectivity index (χ3n) is 4.32. The molecule has 120 valence electrons. The minimum absolute atomic E-state index is 0.0171. The van der Waals surface area contributed by atoms with E-state index in [0.29, 0.717) is 26.3 Å². The molecule has 2 amide bonds. The fourth-order valence-electron chi connectivity index (χ4n) is 3.04. The van der Waals surface area contributed by atoms with Gasteiger partial charge in [-0.3, -0.25) is 0 Å². The zero-order valence-corrected chi connectivity index (χ0v) is 12.8. The summed E-state index contributed by atoms with van der Waals surface area (Å²) in [5.74, 6) is -0.307. The molecule has 1 spiro atoms. The van der Waals surface area contributed by atoms with Gasteiger partial charge in [-0.1, -0.05) is 0 Å². The van der Waals surface area contributed by atoms with E-state index in [0.717, 1.165) is 6.42 Å². The van der Waals surface area contributed by atoms with Crippen LogP contribution in [0.2, 0.25) is 0 Å². The lowest BCUT2D eigenvalue weighted by molar-refractivity contribution is -0.122. The largest absolute Gasteiger partial charge is 0.475 e. The summed E-state index contributed by atoms with van der Waals surface area (Å²) in [5.41, 5.74) is -0.350. The van der Waals surface area contributed by atoms with E-state index in [-0.39, 0.29) is 23.4 Å². The van der Waals surface area contributed by atoms with Crippen LogP contribution >= 0.6 is 0 Å². The number of rotatable bonds is 3. The van der Waals surface area contributed by atoms with Gasteiger partial charge in [0, 0.05) is 32.8 Å². The van der Waals surface area contributed by atoms with Crippen LogP contribution < -0.4 is 4.74 Å². The average Bonchev–Trinajstić information content (AvgIpc) is 2.88. The van der Waals surface area contributed by atoms with Crippen molar-refractivity contribution in [2.45, 2.75) is 12.0 Å². The number of amides is 2. The summed E-state index contributed by atoms with van der Waals surface area (Å²) in [6.07, 6.45) is 2.35. The molecule has 0 aliphatic carbocycles. The van der Waals surface area contributed by atoms with Crippen molar-refractivity contribution in [2.24, 2.45) is 5.92 Å². The summed E-state index contributed by atoms with van der Waals surface area (Å²) in [7, 11) is 3.46. The quantitative estimate of drug-likeness (QED) is 0.846. The molecule has 0 saturated carbocycles. The van der Waals surface area contributed by atoms with Gasteiger partial charge in [0.05, 0.1) is 19.7 Å². The summed E-state index contributed by atoms with van der Waals surface area (Å²) >= 11 is 0. The van der Waals surface area contributed by atoms with E-state index in [9.17, 15) is 9.18 Å². The van der Waals surface area contributed by atoms with Crippen LogP contribution in [0.25, 0.3) is 0 Å². The number of likely N-dealkylation sites (tertiary alicyclic amines) is 1. The minimum atomic E-state index is -0.464. The van der Waals surface area contributed by atoms with Crippen molar-refractivity contribution < 1.29 is 18.7 Å². The predicted octanol–water partition coefficient (Wildman–Crippen LogP) is 1.37. The molecule has 6 nitrogen and oxygen atoms in total. The molecule has 22 heavy (non-hydrogen) atoms. The van der Waals surface area contributed by atoms with Crippen molar-refractivity contribution >= 4 is 6.03 Å². The first-order valence-electron chi connectivity index (χ1n) is 7.35. The number of halogens is 1. The van der Waals surface area contributed by atoms with Gasteiger partial charge in [-0.15, -0.1) is 0 Å². The van der Waals surface area contributed by atoms with E-state index >= 15 is 0 Å². The lowest BCUT2D eigenvalue weighted by Gasteiger charge is -2.50. The van der Waals surface area contributed by atoms with Crippen LogP contribution in [-0.4, -0.2) is 66.8 Å². The molecule has 0 unspecified atom stereocenters. The van der Waals surface area contributed by atoms with Crippen molar-refractivity contribution in [1.82, 2.24) is 14.8 Å². The summed E-state index contributed by atoms with van der Waals surface area (Å²) < 4.78 is 24.9. The fraction of sp³-hybridized carbons (Fsp3) is 0.600. The van der Waals surface area contributed by atoms with E-state index in [1.165, 1.54) is 18.3 Å². The smallest absolute Gasteiger partial charge is 0.319 e. The highest BCUT2D eigenvalue weighted by molar-refractivity contribution is 5.75. The number of urea groups is 1. The Kier molecular flexibility index (Phi) is 3.90. The molecule has 1 aromatic rings. The predicted molar refractivity (Wildman–Crippen MR) is 77.1 cm³/mol. The Balaban J connectivity index is 1.59. The van der Waals surface area contributed by atoms with Crippen LogP contribution in [0.4, 0.5) is 9.18 Å². The molecular weight excluding hydrogens is 289 g/mol. The van der Waals surface area contributed by atoms with Gasteiger partial charge in [-0.2, -0.15) is 0 Å². The third kappa shape index (κ3) is 2.61. The van der Waals surface area contributed by atoms with Gasteiger partial charge in [0.15, 0.2) is 5.82 Å². The van der Waals surface area contributed by atoms with Gasteiger partial charge < -0.3 is 19.3 Å². The van der Waals surface area contributed by atoms with Gasteiger partial charge in [-0.05, 0) is 18.6 Å². The van der Waals surface area contributed by atoms with Gasteiger partial charge in [0.2, 0.25) is 5.88 Å². The molecular formula is C15H20FN3O3. The lowest BCUT2D eigenvalue weighted by Crippen LogP contribution is -2.68. The molecule has 3 heterocycles. The van der Waals surface area contributed by atoms with Crippen molar-refractivity contribution in [3.05, 3.63) is 24.1 Å². The second-order valence-corrected chi connectivity index (χ2v) is 6.03. The molecule has 1 aromatic heterocycles. The van der Waals surface area contributed by atoms with Crippen LogP contribution in [0.15, 0.2) is 18.3 Å². The van der Waals surface area contributed by atoms with E-state index in [1.807, 2.05) is 0 Å². The molecule has 0 N–H and O–H groups in total. The van der Waals surface area contributed by atoms with Crippen LogP contribution in [-0.2, 0) is 4.74 Å². The minimum Gasteiger partial charge on any atom is -0.475 e. The number of hydrogen-bond acceptors (Lipinski definition) is 4. The Hall–Kier alpha value is -1.89. The second-order valence-electron chi connectivity index (χ2n) is 6.03. The standard InChI is InChI=1S/C15H20FN3O3/c1-18(2)14(20)19-9-15(10-19)11(5-7-22-15)8-21-13-12(16)4-3-6-17-13/h3-4,6,11H,5,7-10H2,1-2H3/t11-/m1/s1. The van der Waals surface area contributed by atoms with Gasteiger partial charge in [0.1, 0.15) is 5.60 Å². The molecule has 7 heteroatoms. The Bertz CT molecular complexity index is 561. The Morgan fingerprint density at radius 3 is 3.05 bits per heavy atom. The van der Waals surface area contributed by atoms with Gasteiger partial charge in [0.25, 0.3) is 0 Å². The highest BCUT2D eigenvalue weighted by Crippen LogP contribution is 2.40. The van der Waals surface area contributed by atoms with E-state index in [4.69, 9.17) is 9.47 Å². The molecule has 3 rings (SSSR count). The molecule has 2 saturated heterocycles. The van der Waals surface area contributed by atoms with E-state index in [1.54, 1.807) is 23.9 Å². The molecule has 0 radical (unpaired) electrons. The first-order valence-corrected chi connectivity index (χ1v) is 7.35. The number of hydrogen-bond donors (Lipinski definition) is 0. The zero-order chi connectivity index (χ0) is 15.7. The summed E-state index contributed by atoms with van der Waals surface area (Å²) in [6.45, 7) is 2.10. The number of carbonyl (C=O) groups excluding carboxylic acids is 1. The number of carbonyl (C=O) groups is 1. The second kappa shape index (κ2) is 5.72. The first-order chi connectivity index (χ1) is 10.5. The van der Waals surface area contributed by atoms with Gasteiger partial charge >= 0.3 is 6.03 Å². The van der Waals surface area contributed by atoms with Crippen molar-refractivity contribution in [2.75, 3.05) is 40.4 Å². The normalized spacial score (nSPS) is 22.5. The maximum atomic E-state index is 13.5.